The van der Waals surface area contributed by atoms with E-state index in [1.807, 2.05) is 74.5 Å². The second-order valence-corrected chi connectivity index (χ2v) is 7.61. The number of ketones is 2. The summed E-state index contributed by atoms with van der Waals surface area (Å²) in [6.45, 7) is 3.97. The molecular formula is C24H22O2. The van der Waals surface area contributed by atoms with Gasteiger partial charge in [0.2, 0.25) is 0 Å². The number of carbonyl (C=O) groups excluding carboxylic acids is 2. The maximum Gasteiger partial charge on any atom is 0.167 e. The van der Waals surface area contributed by atoms with E-state index in [2.05, 4.69) is 0 Å². The normalized spacial score (nSPS) is 28.2. The van der Waals surface area contributed by atoms with Crippen LogP contribution in [0.1, 0.15) is 37.8 Å². The van der Waals surface area contributed by atoms with Gasteiger partial charge in [0, 0.05) is 0 Å². The molecular weight excluding hydrogens is 320 g/mol. The fourth-order valence-corrected chi connectivity index (χ4v) is 4.96. The van der Waals surface area contributed by atoms with E-state index < -0.39 is 10.8 Å². The van der Waals surface area contributed by atoms with Crippen LogP contribution in [0.4, 0.5) is 0 Å². The average Bonchev–Trinajstić information content (AvgIpc) is 3.12. The van der Waals surface area contributed by atoms with E-state index in [1.165, 1.54) is 0 Å². The summed E-state index contributed by atoms with van der Waals surface area (Å²) < 4.78 is 0. The summed E-state index contributed by atoms with van der Waals surface area (Å²) in [5.41, 5.74) is 2.16. The van der Waals surface area contributed by atoms with Gasteiger partial charge in [0.15, 0.2) is 11.6 Å². The Morgan fingerprint density at radius 3 is 1.23 bits per heavy atom. The summed E-state index contributed by atoms with van der Waals surface area (Å²) in [6, 6.07) is 19.7. The fourth-order valence-electron chi connectivity index (χ4n) is 4.96. The van der Waals surface area contributed by atoms with Gasteiger partial charge in [-0.25, -0.2) is 0 Å². The van der Waals surface area contributed by atoms with Crippen molar-refractivity contribution in [2.75, 3.05) is 0 Å². The maximum atomic E-state index is 13.5. The minimum atomic E-state index is -0.884. The van der Waals surface area contributed by atoms with Crippen molar-refractivity contribution < 1.29 is 9.59 Å². The van der Waals surface area contributed by atoms with Crippen LogP contribution in [0, 0.1) is 0 Å². The molecule has 0 radical (unpaired) electrons. The van der Waals surface area contributed by atoms with E-state index in [0.717, 1.165) is 22.3 Å². The molecule has 2 unspecified atom stereocenters. The monoisotopic (exact) mass is 342 g/mol. The molecule has 2 aromatic carbocycles. The summed E-state index contributed by atoms with van der Waals surface area (Å²) in [4.78, 5) is 26.9. The van der Waals surface area contributed by atoms with Gasteiger partial charge in [-0.3, -0.25) is 9.59 Å². The van der Waals surface area contributed by atoms with E-state index in [1.54, 1.807) is 12.2 Å². The van der Waals surface area contributed by atoms with Crippen molar-refractivity contribution in [3.63, 3.8) is 0 Å². The molecule has 0 spiro atoms. The van der Waals surface area contributed by atoms with Crippen LogP contribution in [0.15, 0.2) is 84.0 Å². The number of allylic oxidation sites excluding steroid dienone is 4. The van der Waals surface area contributed by atoms with Gasteiger partial charge in [0.25, 0.3) is 0 Å². The van der Waals surface area contributed by atoms with Crippen molar-refractivity contribution in [1.82, 2.24) is 0 Å². The van der Waals surface area contributed by atoms with Crippen molar-refractivity contribution >= 4 is 11.6 Å². The molecule has 0 aliphatic heterocycles. The molecule has 4 rings (SSSR count). The van der Waals surface area contributed by atoms with Crippen LogP contribution >= 0.6 is 0 Å². The lowest BCUT2D eigenvalue weighted by Gasteiger charge is -2.45. The Morgan fingerprint density at radius 2 is 0.962 bits per heavy atom. The molecule has 2 aliphatic rings. The van der Waals surface area contributed by atoms with Crippen molar-refractivity contribution in [2.24, 2.45) is 0 Å². The van der Waals surface area contributed by atoms with Crippen molar-refractivity contribution in [3.05, 3.63) is 95.1 Å². The number of rotatable bonds is 3. The zero-order valence-electron chi connectivity index (χ0n) is 15.2. The second-order valence-electron chi connectivity index (χ2n) is 7.61. The summed E-state index contributed by atoms with van der Waals surface area (Å²) in [5, 5.41) is 0. The molecule has 130 valence electrons. The molecule has 2 atom stereocenters. The lowest BCUT2D eigenvalue weighted by atomic mass is 9.53. The Labute approximate surface area is 154 Å². The van der Waals surface area contributed by atoms with Crippen LogP contribution in [-0.2, 0) is 20.4 Å². The summed E-state index contributed by atoms with van der Waals surface area (Å²) in [7, 11) is 0. The van der Waals surface area contributed by atoms with Crippen molar-refractivity contribution in [1.29, 1.82) is 0 Å². The fraction of sp³-hybridized carbons (Fsp3) is 0.250. The van der Waals surface area contributed by atoms with Gasteiger partial charge < -0.3 is 0 Å². The molecule has 26 heavy (non-hydrogen) atoms. The predicted octanol–water partition coefficient (Wildman–Crippen LogP) is 4.70. The Hall–Kier alpha value is -2.74. The first kappa shape index (κ1) is 16.7. The summed E-state index contributed by atoms with van der Waals surface area (Å²) >= 11 is 0. The topological polar surface area (TPSA) is 34.1 Å². The van der Waals surface area contributed by atoms with Crippen LogP contribution in [0.5, 0.6) is 0 Å². The molecule has 2 aliphatic carbocycles. The van der Waals surface area contributed by atoms with E-state index in [9.17, 15) is 9.59 Å². The van der Waals surface area contributed by atoms with E-state index in [-0.39, 0.29) is 11.6 Å². The molecule has 0 saturated carbocycles. The average molecular weight is 342 g/mol. The Kier molecular flexibility index (Phi) is 3.80. The molecule has 0 amide bonds. The number of carbonyl (C=O) groups is 2. The highest BCUT2D eigenvalue weighted by molar-refractivity contribution is 6.14. The Morgan fingerprint density at radius 1 is 0.615 bits per heavy atom. The molecule has 0 fully saturated rings. The van der Waals surface area contributed by atoms with Crippen LogP contribution in [0.25, 0.3) is 0 Å². The highest BCUT2D eigenvalue weighted by atomic mass is 16.1. The summed E-state index contributed by atoms with van der Waals surface area (Å²) in [5.74, 6) is 0.0861. The van der Waals surface area contributed by atoms with E-state index >= 15 is 0 Å². The Bertz CT molecular complexity index is 857. The molecule has 0 saturated heterocycles. The zero-order chi connectivity index (χ0) is 18.4. The molecule has 2 aromatic rings. The van der Waals surface area contributed by atoms with Crippen LogP contribution in [-0.4, -0.2) is 11.6 Å². The van der Waals surface area contributed by atoms with Crippen LogP contribution in [0.2, 0.25) is 0 Å². The number of hydrogen-bond acceptors (Lipinski definition) is 2. The molecule has 2 nitrogen and oxygen atoms in total. The lowest BCUT2D eigenvalue weighted by Crippen LogP contribution is -2.55. The SMILES string of the molecule is CC1=CC(=O)C(c2ccccc2)(C2(c3ccccc3)CC(C)=CC2=O)C1. The summed E-state index contributed by atoms with van der Waals surface area (Å²) in [6.07, 6.45) is 4.63. The second kappa shape index (κ2) is 5.91. The van der Waals surface area contributed by atoms with E-state index in [0.29, 0.717) is 12.8 Å². The number of benzene rings is 2. The third-order valence-corrected chi connectivity index (χ3v) is 5.95. The molecule has 0 aromatic heterocycles. The van der Waals surface area contributed by atoms with Crippen molar-refractivity contribution in [2.45, 2.75) is 37.5 Å². The van der Waals surface area contributed by atoms with Crippen molar-refractivity contribution in [3.8, 4) is 0 Å². The van der Waals surface area contributed by atoms with Crippen LogP contribution in [0.3, 0.4) is 0 Å². The third kappa shape index (κ3) is 2.11. The van der Waals surface area contributed by atoms with Gasteiger partial charge in [-0.05, 0) is 50.0 Å². The Balaban J connectivity index is 2.05. The number of hydrogen-bond donors (Lipinski definition) is 0. The van der Waals surface area contributed by atoms with E-state index in [4.69, 9.17) is 0 Å². The smallest absolute Gasteiger partial charge is 0.167 e. The predicted molar refractivity (Wildman–Crippen MR) is 103 cm³/mol. The largest absolute Gasteiger partial charge is 0.294 e. The first-order chi connectivity index (χ1) is 12.5. The van der Waals surface area contributed by atoms with Gasteiger partial charge in [-0.1, -0.05) is 71.8 Å². The highest BCUT2D eigenvalue weighted by Gasteiger charge is 2.63. The highest BCUT2D eigenvalue weighted by Crippen LogP contribution is 2.57. The minimum absolute atomic E-state index is 0.0431. The molecule has 0 N–H and O–H groups in total. The van der Waals surface area contributed by atoms with Crippen LogP contribution < -0.4 is 0 Å². The minimum Gasteiger partial charge on any atom is -0.294 e. The third-order valence-electron chi connectivity index (χ3n) is 5.95. The first-order valence-electron chi connectivity index (χ1n) is 9.05. The van der Waals surface area contributed by atoms with Gasteiger partial charge in [0.1, 0.15) is 0 Å². The lowest BCUT2D eigenvalue weighted by molar-refractivity contribution is -0.130. The van der Waals surface area contributed by atoms with Gasteiger partial charge in [-0.2, -0.15) is 0 Å². The van der Waals surface area contributed by atoms with Gasteiger partial charge >= 0.3 is 0 Å². The molecule has 2 heteroatoms. The van der Waals surface area contributed by atoms with Gasteiger partial charge in [-0.15, -0.1) is 0 Å². The maximum absolute atomic E-state index is 13.5. The zero-order valence-corrected chi connectivity index (χ0v) is 15.2. The quantitative estimate of drug-likeness (QED) is 0.810. The first-order valence-corrected chi connectivity index (χ1v) is 9.05. The van der Waals surface area contributed by atoms with Gasteiger partial charge in [0.05, 0.1) is 10.8 Å². The molecule has 0 heterocycles. The molecule has 0 bridgehead atoms. The standard InChI is InChI=1S/C24H22O2/c1-17-13-21(25)23(15-17,19-9-5-3-6-10-19)24(16-18(2)14-22(24)26)20-11-7-4-8-12-20/h3-14H,15-16H2,1-2H3.